The van der Waals surface area contributed by atoms with Gasteiger partial charge < -0.3 is 14.6 Å². The van der Waals surface area contributed by atoms with Crippen LogP contribution < -0.4 is 4.74 Å². The highest BCUT2D eigenvalue weighted by Gasteiger charge is 2.18. The van der Waals surface area contributed by atoms with Gasteiger partial charge in [-0.1, -0.05) is 17.7 Å². The molecule has 6 nitrogen and oxygen atoms in total. The van der Waals surface area contributed by atoms with Crippen molar-refractivity contribution in [2.45, 2.75) is 19.1 Å². The van der Waals surface area contributed by atoms with Crippen LogP contribution in [-0.2, 0) is 17.7 Å². The van der Waals surface area contributed by atoms with Crippen molar-refractivity contribution in [3.05, 3.63) is 40.8 Å². The maximum atomic E-state index is 10.4. The van der Waals surface area contributed by atoms with Gasteiger partial charge in [0.2, 0.25) is 5.88 Å². The fourth-order valence-electron chi connectivity index (χ4n) is 2.03. The molecular weight excluding hydrogens is 294 g/mol. The van der Waals surface area contributed by atoms with Crippen molar-refractivity contribution >= 4 is 11.6 Å². The summed E-state index contributed by atoms with van der Waals surface area (Å²) in [6.07, 6.45) is 2.84. The summed E-state index contributed by atoms with van der Waals surface area (Å²) in [5, 5.41) is 15.0. The van der Waals surface area contributed by atoms with E-state index < -0.39 is 6.10 Å². The molecular formula is C14H18ClN3O3. The van der Waals surface area contributed by atoms with Gasteiger partial charge in [-0.05, 0) is 5.56 Å². The minimum absolute atomic E-state index is 0.398. The highest BCUT2D eigenvalue weighted by atomic mass is 35.5. The highest BCUT2D eigenvalue weighted by molar-refractivity contribution is 6.31. The second kappa shape index (κ2) is 7.40. The van der Waals surface area contributed by atoms with Gasteiger partial charge in [0.25, 0.3) is 0 Å². The van der Waals surface area contributed by atoms with Gasteiger partial charge in [0.05, 0.1) is 37.2 Å². The van der Waals surface area contributed by atoms with Crippen molar-refractivity contribution in [1.29, 1.82) is 0 Å². The molecule has 114 valence electrons. The lowest BCUT2D eigenvalue weighted by molar-refractivity contribution is 0.153. The first-order chi connectivity index (χ1) is 10.2. The monoisotopic (exact) mass is 311 g/mol. The molecule has 2 heterocycles. The van der Waals surface area contributed by atoms with Gasteiger partial charge in [0.1, 0.15) is 6.10 Å². The summed E-state index contributed by atoms with van der Waals surface area (Å²) >= 11 is 6.11. The summed E-state index contributed by atoms with van der Waals surface area (Å²) in [6.45, 7) is 1.04. The molecule has 1 atom stereocenters. The average molecular weight is 312 g/mol. The number of halogens is 1. The van der Waals surface area contributed by atoms with Crippen LogP contribution >= 0.6 is 11.6 Å². The zero-order valence-electron chi connectivity index (χ0n) is 12.0. The van der Waals surface area contributed by atoms with E-state index >= 15 is 0 Å². The van der Waals surface area contributed by atoms with E-state index in [1.807, 2.05) is 6.07 Å². The third kappa shape index (κ3) is 3.93. The number of nitrogens with zero attached hydrogens (tertiary/aromatic N) is 3. The van der Waals surface area contributed by atoms with Gasteiger partial charge >= 0.3 is 0 Å². The number of ether oxygens (including phenoxy) is 2. The lowest BCUT2D eigenvalue weighted by atomic mass is 10.1. The van der Waals surface area contributed by atoms with Crippen molar-refractivity contribution in [2.75, 3.05) is 20.8 Å². The Balaban J connectivity index is 2.11. The number of aliphatic hydroxyl groups is 1. The molecule has 0 aromatic carbocycles. The smallest absolute Gasteiger partial charge is 0.212 e. The number of hydrogen-bond donors (Lipinski definition) is 1. The molecule has 0 saturated carbocycles. The molecule has 0 bridgehead atoms. The Bertz CT molecular complexity index is 571. The van der Waals surface area contributed by atoms with Gasteiger partial charge in [0.15, 0.2) is 0 Å². The SMILES string of the molecule is COCCn1ncc(Cl)c1C(O)Cc1ccc(OC)nc1. The quantitative estimate of drug-likeness (QED) is 0.845. The standard InChI is InChI=1S/C14H18ClN3O3/c1-20-6-5-18-14(11(15)9-17-18)12(19)7-10-3-4-13(21-2)16-8-10/h3-4,8-9,12,19H,5-7H2,1-2H3. The predicted octanol–water partition coefficient (Wildman–Crippen LogP) is 1.86. The number of rotatable bonds is 7. The number of hydrogen-bond acceptors (Lipinski definition) is 5. The number of aliphatic hydroxyl groups excluding tert-OH is 1. The van der Waals surface area contributed by atoms with E-state index in [4.69, 9.17) is 21.1 Å². The van der Waals surface area contributed by atoms with Crippen LogP contribution in [0.15, 0.2) is 24.5 Å². The van der Waals surface area contributed by atoms with E-state index in [-0.39, 0.29) is 0 Å². The van der Waals surface area contributed by atoms with Crippen LogP contribution in [0.25, 0.3) is 0 Å². The van der Waals surface area contributed by atoms with Crippen molar-refractivity contribution in [3.63, 3.8) is 0 Å². The summed E-state index contributed by atoms with van der Waals surface area (Å²) in [7, 11) is 3.18. The molecule has 1 unspecified atom stereocenters. The summed E-state index contributed by atoms with van der Waals surface area (Å²) < 4.78 is 11.7. The van der Waals surface area contributed by atoms with E-state index in [9.17, 15) is 5.11 Å². The van der Waals surface area contributed by atoms with Crippen LogP contribution in [0.4, 0.5) is 0 Å². The molecule has 0 radical (unpaired) electrons. The second-order valence-electron chi connectivity index (χ2n) is 4.52. The molecule has 2 aromatic rings. The zero-order chi connectivity index (χ0) is 15.2. The van der Waals surface area contributed by atoms with Gasteiger partial charge in [-0.15, -0.1) is 0 Å². The topological polar surface area (TPSA) is 69.4 Å². The zero-order valence-corrected chi connectivity index (χ0v) is 12.7. The molecule has 0 aliphatic heterocycles. The van der Waals surface area contributed by atoms with Crippen molar-refractivity contribution in [2.24, 2.45) is 0 Å². The fraction of sp³-hybridized carbons (Fsp3) is 0.429. The number of aromatic nitrogens is 3. The fourth-order valence-corrected chi connectivity index (χ4v) is 2.30. The Kier molecular flexibility index (Phi) is 5.55. The molecule has 0 spiro atoms. The minimum atomic E-state index is -0.757. The van der Waals surface area contributed by atoms with Gasteiger partial charge in [-0.25, -0.2) is 4.98 Å². The Morgan fingerprint density at radius 2 is 2.14 bits per heavy atom. The van der Waals surface area contributed by atoms with Crippen LogP contribution in [0.2, 0.25) is 5.02 Å². The highest BCUT2D eigenvalue weighted by Crippen LogP contribution is 2.25. The molecule has 21 heavy (non-hydrogen) atoms. The molecule has 2 aromatic heterocycles. The molecule has 0 fully saturated rings. The molecule has 1 N–H and O–H groups in total. The molecule has 0 aliphatic carbocycles. The Morgan fingerprint density at radius 3 is 2.76 bits per heavy atom. The first kappa shape index (κ1) is 15.8. The first-order valence-corrected chi connectivity index (χ1v) is 6.90. The second-order valence-corrected chi connectivity index (χ2v) is 4.93. The normalized spacial score (nSPS) is 12.4. The Labute approximate surface area is 128 Å². The van der Waals surface area contributed by atoms with Gasteiger partial charge in [-0.2, -0.15) is 5.10 Å². The van der Waals surface area contributed by atoms with E-state index in [0.717, 1.165) is 5.56 Å². The summed E-state index contributed by atoms with van der Waals surface area (Å²) in [6, 6.07) is 3.62. The van der Waals surface area contributed by atoms with Gasteiger partial charge in [-0.3, -0.25) is 4.68 Å². The Morgan fingerprint density at radius 1 is 1.33 bits per heavy atom. The van der Waals surface area contributed by atoms with Crippen molar-refractivity contribution < 1.29 is 14.6 Å². The van der Waals surface area contributed by atoms with E-state index in [1.165, 1.54) is 6.20 Å². The molecule has 0 saturated heterocycles. The molecule has 2 rings (SSSR count). The van der Waals surface area contributed by atoms with Crippen molar-refractivity contribution in [3.8, 4) is 5.88 Å². The van der Waals surface area contributed by atoms with Crippen LogP contribution in [0.3, 0.4) is 0 Å². The van der Waals surface area contributed by atoms with Crippen LogP contribution in [0.1, 0.15) is 17.4 Å². The first-order valence-electron chi connectivity index (χ1n) is 6.52. The molecule has 0 amide bonds. The predicted molar refractivity (Wildman–Crippen MR) is 78.6 cm³/mol. The summed E-state index contributed by atoms with van der Waals surface area (Å²) in [5.74, 6) is 0.538. The van der Waals surface area contributed by atoms with E-state index in [0.29, 0.717) is 36.2 Å². The molecule has 0 aliphatic rings. The van der Waals surface area contributed by atoms with E-state index in [1.54, 1.807) is 31.2 Å². The lowest BCUT2D eigenvalue weighted by Crippen LogP contribution is -2.14. The largest absolute Gasteiger partial charge is 0.481 e. The Hall–Kier alpha value is -1.63. The van der Waals surface area contributed by atoms with Crippen LogP contribution in [0.5, 0.6) is 5.88 Å². The summed E-state index contributed by atoms with van der Waals surface area (Å²) in [4.78, 5) is 4.12. The maximum Gasteiger partial charge on any atom is 0.212 e. The maximum absolute atomic E-state index is 10.4. The van der Waals surface area contributed by atoms with Crippen LogP contribution in [0, 0.1) is 0 Å². The molecule has 7 heteroatoms. The summed E-state index contributed by atoms with van der Waals surface area (Å²) in [5.41, 5.74) is 1.48. The van der Waals surface area contributed by atoms with Crippen molar-refractivity contribution in [1.82, 2.24) is 14.8 Å². The van der Waals surface area contributed by atoms with Gasteiger partial charge in [0, 0.05) is 25.8 Å². The third-order valence-electron chi connectivity index (χ3n) is 3.09. The lowest BCUT2D eigenvalue weighted by Gasteiger charge is -2.14. The average Bonchev–Trinajstić information content (AvgIpc) is 2.87. The van der Waals surface area contributed by atoms with E-state index in [2.05, 4.69) is 10.1 Å². The third-order valence-corrected chi connectivity index (χ3v) is 3.38. The number of pyridine rings is 1. The number of methoxy groups -OCH3 is 2. The van der Waals surface area contributed by atoms with Crippen LogP contribution in [-0.4, -0.2) is 40.7 Å². The minimum Gasteiger partial charge on any atom is -0.481 e.